The summed E-state index contributed by atoms with van der Waals surface area (Å²) in [5.41, 5.74) is 7.90. The third-order valence-electron chi connectivity index (χ3n) is 2.93. The number of nitrogens with one attached hydrogen (secondary N) is 1. The third kappa shape index (κ3) is 3.50. The van der Waals surface area contributed by atoms with Gasteiger partial charge in [-0.2, -0.15) is 5.10 Å². The topological polar surface area (TPSA) is 76.2 Å². The molecule has 1 aromatic heterocycles. The Labute approximate surface area is 118 Å². The zero-order valence-corrected chi connectivity index (χ0v) is 11.7. The van der Waals surface area contributed by atoms with Crippen LogP contribution in [-0.4, -0.2) is 36.3 Å². The number of carbonyl (C=O) groups is 1. The first kappa shape index (κ1) is 13.9. The van der Waals surface area contributed by atoms with Crippen LogP contribution in [0.3, 0.4) is 0 Å². The first-order valence-corrected chi connectivity index (χ1v) is 6.40. The van der Waals surface area contributed by atoms with Crippen molar-refractivity contribution in [3.63, 3.8) is 0 Å². The number of carbonyl (C=O) groups excluding carboxylic acids is 1. The Hall–Kier alpha value is -2.50. The van der Waals surface area contributed by atoms with Crippen molar-refractivity contribution in [1.82, 2.24) is 15.1 Å². The lowest BCUT2D eigenvalue weighted by molar-refractivity contribution is 0.0952. The van der Waals surface area contributed by atoms with Crippen LogP contribution in [0.2, 0.25) is 0 Å². The third-order valence-corrected chi connectivity index (χ3v) is 2.93. The van der Waals surface area contributed by atoms with Gasteiger partial charge in [0, 0.05) is 38.1 Å². The highest BCUT2D eigenvalue weighted by molar-refractivity contribution is 5.94. The molecule has 0 aliphatic heterocycles. The summed E-state index contributed by atoms with van der Waals surface area (Å²) < 4.78 is 1.70. The number of benzene rings is 1. The van der Waals surface area contributed by atoms with E-state index in [0.29, 0.717) is 24.3 Å². The minimum absolute atomic E-state index is 0.0876. The Kier molecular flexibility index (Phi) is 4.24. The van der Waals surface area contributed by atoms with Crippen molar-refractivity contribution in [2.75, 3.05) is 31.3 Å². The molecule has 0 bridgehead atoms. The average molecular weight is 273 g/mol. The molecule has 2 aromatic rings. The van der Waals surface area contributed by atoms with Gasteiger partial charge in [-0.05, 0) is 24.3 Å². The monoisotopic (exact) mass is 273 g/mol. The normalized spacial score (nSPS) is 10.3. The predicted molar refractivity (Wildman–Crippen MR) is 79.7 cm³/mol. The van der Waals surface area contributed by atoms with Gasteiger partial charge < -0.3 is 16.0 Å². The molecule has 0 radical (unpaired) electrons. The second kappa shape index (κ2) is 6.10. The van der Waals surface area contributed by atoms with E-state index in [-0.39, 0.29) is 5.91 Å². The van der Waals surface area contributed by atoms with Crippen molar-refractivity contribution in [2.45, 2.75) is 6.54 Å². The number of hydrogen-bond donors (Lipinski definition) is 2. The Bertz CT molecular complexity index is 574. The van der Waals surface area contributed by atoms with Gasteiger partial charge >= 0.3 is 0 Å². The van der Waals surface area contributed by atoms with Gasteiger partial charge in [0.05, 0.1) is 18.4 Å². The van der Waals surface area contributed by atoms with Gasteiger partial charge in [0.15, 0.2) is 0 Å². The molecule has 1 amide bonds. The van der Waals surface area contributed by atoms with Gasteiger partial charge in [-0.1, -0.05) is 0 Å². The van der Waals surface area contributed by atoms with Crippen LogP contribution in [0.1, 0.15) is 10.4 Å². The fourth-order valence-electron chi connectivity index (χ4n) is 1.80. The maximum absolute atomic E-state index is 11.9. The molecular weight excluding hydrogens is 254 g/mol. The fraction of sp³-hybridized carbons (Fsp3) is 0.286. The van der Waals surface area contributed by atoms with E-state index in [1.54, 1.807) is 17.1 Å². The predicted octanol–water partition coefficient (Wildman–Crippen LogP) is 0.961. The zero-order valence-electron chi connectivity index (χ0n) is 11.7. The van der Waals surface area contributed by atoms with Crippen molar-refractivity contribution in [2.24, 2.45) is 0 Å². The van der Waals surface area contributed by atoms with Crippen LogP contribution in [0.25, 0.3) is 0 Å². The molecule has 1 heterocycles. The number of hydrogen-bond acceptors (Lipinski definition) is 4. The van der Waals surface area contributed by atoms with Crippen molar-refractivity contribution in [1.29, 1.82) is 0 Å². The van der Waals surface area contributed by atoms with E-state index in [1.165, 1.54) is 0 Å². The molecule has 0 saturated heterocycles. The average Bonchev–Trinajstić information content (AvgIpc) is 2.84. The number of aromatic nitrogens is 2. The number of amides is 1. The molecule has 0 saturated carbocycles. The number of nitrogen functional groups attached to an aromatic ring is 1. The van der Waals surface area contributed by atoms with Crippen LogP contribution >= 0.6 is 0 Å². The Morgan fingerprint density at radius 1 is 1.35 bits per heavy atom. The highest BCUT2D eigenvalue weighted by Gasteiger charge is 2.05. The summed E-state index contributed by atoms with van der Waals surface area (Å²) in [6, 6.07) is 7.47. The summed E-state index contributed by atoms with van der Waals surface area (Å²) in [6.07, 6.45) is 3.32. The molecule has 0 atom stereocenters. The molecule has 2 rings (SSSR count). The van der Waals surface area contributed by atoms with Gasteiger partial charge in [-0.15, -0.1) is 0 Å². The first-order chi connectivity index (χ1) is 9.56. The number of anilines is 2. The summed E-state index contributed by atoms with van der Waals surface area (Å²) in [5, 5.41) is 6.90. The standard InChI is InChI=1S/C14H19N5O/c1-18(2)13-5-3-11(4-6-13)14(20)16-7-8-19-10-12(15)9-17-19/h3-6,9-10H,7-8,15H2,1-2H3,(H,16,20). The van der Waals surface area contributed by atoms with Crippen LogP contribution in [0.15, 0.2) is 36.7 Å². The smallest absolute Gasteiger partial charge is 0.251 e. The van der Waals surface area contributed by atoms with Gasteiger partial charge in [0.25, 0.3) is 5.91 Å². The van der Waals surface area contributed by atoms with Crippen molar-refractivity contribution >= 4 is 17.3 Å². The molecule has 6 heteroatoms. The molecule has 0 fully saturated rings. The van der Waals surface area contributed by atoms with Gasteiger partial charge in [0.2, 0.25) is 0 Å². The molecule has 0 aliphatic carbocycles. The number of nitrogens with zero attached hydrogens (tertiary/aromatic N) is 3. The minimum atomic E-state index is -0.0876. The second-order valence-corrected chi connectivity index (χ2v) is 4.73. The SMILES string of the molecule is CN(C)c1ccc(C(=O)NCCn2cc(N)cn2)cc1. The molecule has 3 N–H and O–H groups in total. The van der Waals surface area contributed by atoms with Crippen molar-refractivity contribution in [3.05, 3.63) is 42.2 Å². The molecule has 0 aliphatic rings. The lowest BCUT2D eigenvalue weighted by Gasteiger charge is -2.12. The number of nitrogens with two attached hydrogens (primary N) is 1. The maximum atomic E-state index is 11.9. The summed E-state index contributed by atoms with van der Waals surface area (Å²) in [7, 11) is 3.93. The highest BCUT2D eigenvalue weighted by Crippen LogP contribution is 2.11. The molecule has 20 heavy (non-hydrogen) atoms. The van der Waals surface area contributed by atoms with Crippen LogP contribution in [0.4, 0.5) is 11.4 Å². The van der Waals surface area contributed by atoms with Crippen LogP contribution in [0, 0.1) is 0 Å². The quantitative estimate of drug-likeness (QED) is 0.851. The van der Waals surface area contributed by atoms with E-state index in [1.807, 2.05) is 43.3 Å². The second-order valence-electron chi connectivity index (χ2n) is 4.73. The van der Waals surface area contributed by atoms with E-state index in [0.717, 1.165) is 5.69 Å². The summed E-state index contributed by atoms with van der Waals surface area (Å²) in [6.45, 7) is 1.11. The Morgan fingerprint density at radius 2 is 2.05 bits per heavy atom. The van der Waals surface area contributed by atoms with E-state index in [2.05, 4.69) is 10.4 Å². The number of rotatable bonds is 5. The van der Waals surface area contributed by atoms with E-state index < -0.39 is 0 Å². The molecular formula is C14H19N5O. The summed E-state index contributed by atoms with van der Waals surface area (Å²) >= 11 is 0. The van der Waals surface area contributed by atoms with Gasteiger partial charge in [-0.3, -0.25) is 9.48 Å². The lowest BCUT2D eigenvalue weighted by atomic mass is 10.2. The van der Waals surface area contributed by atoms with Crippen LogP contribution in [0.5, 0.6) is 0 Å². The molecule has 0 unspecified atom stereocenters. The largest absolute Gasteiger partial charge is 0.396 e. The van der Waals surface area contributed by atoms with E-state index >= 15 is 0 Å². The molecule has 1 aromatic carbocycles. The zero-order chi connectivity index (χ0) is 14.5. The minimum Gasteiger partial charge on any atom is -0.396 e. The Balaban J connectivity index is 1.85. The summed E-state index contributed by atoms with van der Waals surface area (Å²) in [4.78, 5) is 13.9. The molecule has 6 nitrogen and oxygen atoms in total. The van der Waals surface area contributed by atoms with Crippen LogP contribution in [-0.2, 0) is 6.54 Å². The fourth-order valence-corrected chi connectivity index (χ4v) is 1.80. The van der Waals surface area contributed by atoms with E-state index in [4.69, 9.17) is 5.73 Å². The highest BCUT2D eigenvalue weighted by atomic mass is 16.1. The lowest BCUT2D eigenvalue weighted by Crippen LogP contribution is -2.27. The maximum Gasteiger partial charge on any atom is 0.251 e. The first-order valence-electron chi connectivity index (χ1n) is 6.40. The van der Waals surface area contributed by atoms with Gasteiger partial charge in [0.1, 0.15) is 0 Å². The van der Waals surface area contributed by atoms with Crippen LogP contribution < -0.4 is 16.0 Å². The van der Waals surface area contributed by atoms with Crippen molar-refractivity contribution < 1.29 is 4.79 Å². The van der Waals surface area contributed by atoms with E-state index in [9.17, 15) is 4.79 Å². The molecule has 106 valence electrons. The molecule has 0 spiro atoms. The summed E-state index contributed by atoms with van der Waals surface area (Å²) in [5.74, 6) is -0.0876. The van der Waals surface area contributed by atoms with Gasteiger partial charge in [-0.25, -0.2) is 0 Å². The van der Waals surface area contributed by atoms with Crippen molar-refractivity contribution in [3.8, 4) is 0 Å². The Morgan fingerprint density at radius 3 is 2.60 bits per heavy atom.